The quantitative estimate of drug-likeness (QED) is 0.308. The van der Waals surface area contributed by atoms with Crippen LogP contribution in [0.25, 0.3) is 6.08 Å². The molecule has 34 heavy (non-hydrogen) atoms. The average molecular weight is 518 g/mol. The molecule has 1 saturated heterocycles. The molecule has 0 unspecified atom stereocenters. The van der Waals surface area contributed by atoms with Gasteiger partial charge in [0.1, 0.15) is 12.3 Å². The Morgan fingerprint density at radius 3 is 2.29 bits per heavy atom. The molecule has 1 heterocycles. The number of anilines is 1. The van der Waals surface area contributed by atoms with Crippen molar-refractivity contribution < 1.29 is 24.2 Å². The van der Waals surface area contributed by atoms with Crippen LogP contribution in [0.2, 0.25) is 15.1 Å². The predicted molar refractivity (Wildman–Crippen MR) is 130 cm³/mol. The number of nitrogens with zero attached hydrogens (tertiary/aromatic N) is 1. The molecular weight excluding hydrogens is 503 g/mol. The third-order valence-corrected chi connectivity index (χ3v) is 5.66. The highest BCUT2D eigenvalue weighted by atomic mass is 35.5. The van der Waals surface area contributed by atoms with E-state index in [9.17, 15) is 14.4 Å². The fourth-order valence-corrected chi connectivity index (χ4v) is 4.05. The molecule has 172 valence electrons. The Morgan fingerprint density at radius 1 is 1.00 bits per heavy atom. The number of imide groups is 1. The summed E-state index contributed by atoms with van der Waals surface area (Å²) in [6, 6.07) is 15.1. The number of carboxylic acid groups (broad SMARTS) is 1. The first-order valence-electron chi connectivity index (χ1n) is 9.79. The second-order valence-electron chi connectivity index (χ2n) is 7.21. The van der Waals surface area contributed by atoms with Crippen molar-refractivity contribution in [3.8, 4) is 5.75 Å². The molecule has 2 N–H and O–H groups in total. The number of carbonyl (C=O) groups excluding carboxylic acids is 2. The number of rotatable bonds is 6. The number of halogens is 3. The predicted octanol–water partition coefficient (Wildman–Crippen LogP) is 6.02. The van der Waals surface area contributed by atoms with Crippen molar-refractivity contribution >= 4 is 64.5 Å². The molecule has 1 aliphatic rings. The molecule has 0 saturated carbocycles. The van der Waals surface area contributed by atoms with Gasteiger partial charge in [-0.3, -0.25) is 4.79 Å². The molecule has 0 aromatic heterocycles. The normalized spacial score (nSPS) is 14.4. The van der Waals surface area contributed by atoms with Crippen LogP contribution in [0.5, 0.6) is 5.75 Å². The lowest BCUT2D eigenvalue weighted by Crippen LogP contribution is -2.30. The maximum atomic E-state index is 12.8. The van der Waals surface area contributed by atoms with Crippen molar-refractivity contribution in [1.29, 1.82) is 0 Å². The molecule has 3 aromatic rings. The second-order valence-corrected chi connectivity index (χ2v) is 8.46. The van der Waals surface area contributed by atoms with Crippen LogP contribution < -0.4 is 15.0 Å². The van der Waals surface area contributed by atoms with Crippen LogP contribution >= 0.6 is 34.8 Å². The van der Waals surface area contributed by atoms with Gasteiger partial charge in [0.15, 0.2) is 5.75 Å². The minimum atomic E-state index is -1.02. The summed E-state index contributed by atoms with van der Waals surface area (Å²) in [5.41, 5.74) is 1.76. The van der Waals surface area contributed by atoms with Gasteiger partial charge in [-0.2, -0.15) is 0 Å². The molecule has 3 amide bonds. The third kappa shape index (κ3) is 5.02. The van der Waals surface area contributed by atoms with Gasteiger partial charge in [0.25, 0.3) is 5.91 Å². The van der Waals surface area contributed by atoms with Gasteiger partial charge in [0, 0.05) is 5.02 Å². The molecule has 4 rings (SSSR count). The maximum Gasteiger partial charge on any atom is 0.335 e. The summed E-state index contributed by atoms with van der Waals surface area (Å²) in [4.78, 5) is 37.1. The van der Waals surface area contributed by atoms with E-state index < -0.39 is 17.9 Å². The summed E-state index contributed by atoms with van der Waals surface area (Å²) in [7, 11) is 0. The lowest BCUT2D eigenvalue weighted by molar-refractivity contribution is -0.113. The molecule has 0 bridgehead atoms. The third-order valence-electron chi connectivity index (χ3n) is 4.86. The summed E-state index contributed by atoms with van der Waals surface area (Å²) in [5, 5.41) is 12.3. The SMILES string of the molecule is O=C(O)c1ccc(COc2c(Cl)cc(/C=C3/NC(=O)N(c4cccc(Cl)c4)C3=O)cc2Cl)cc1. The molecular formula is C24H15Cl3N2O5. The monoisotopic (exact) mass is 516 g/mol. The highest BCUT2D eigenvalue weighted by Gasteiger charge is 2.35. The largest absolute Gasteiger partial charge is 0.486 e. The molecule has 10 heteroatoms. The molecule has 3 aromatic carbocycles. The van der Waals surface area contributed by atoms with Gasteiger partial charge in [-0.25, -0.2) is 14.5 Å². The Morgan fingerprint density at radius 2 is 1.68 bits per heavy atom. The van der Waals surface area contributed by atoms with E-state index in [2.05, 4.69) is 5.32 Å². The summed E-state index contributed by atoms with van der Waals surface area (Å²) < 4.78 is 5.71. The molecule has 7 nitrogen and oxygen atoms in total. The molecule has 0 atom stereocenters. The number of urea groups is 1. The van der Waals surface area contributed by atoms with E-state index in [4.69, 9.17) is 44.6 Å². The van der Waals surface area contributed by atoms with E-state index in [0.717, 1.165) is 10.5 Å². The lowest BCUT2D eigenvalue weighted by atomic mass is 10.1. The van der Waals surface area contributed by atoms with E-state index in [1.165, 1.54) is 24.3 Å². The number of amides is 3. The Hall–Kier alpha value is -3.52. The molecule has 1 fully saturated rings. The van der Waals surface area contributed by atoms with E-state index in [0.29, 0.717) is 16.3 Å². The van der Waals surface area contributed by atoms with Crippen molar-refractivity contribution in [3.05, 3.63) is 98.1 Å². The zero-order valence-electron chi connectivity index (χ0n) is 17.2. The summed E-state index contributed by atoms with van der Waals surface area (Å²) in [6.45, 7) is 0.114. The summed E-state index contributed by atoms with van der Waals surface area (Å²) in [6.07, 6.45) is 1.46. The number of carboxylic acids is 1. The van der Waals surface area contributed by atoms with Crippen LogP contribution in [-0.4, -0.2) is 23.0 Å². The highest BCUT2D eigenvalue weighted by molar-refractivity contribution is 6.37. The van der Waals surface area contributed by atoms with E-state index in [1.807, 2.05) is 0 Å². The minimum absolute atomic E-state index is 0.0456. The van der Waals surface area contributed by atoms with Crippen LogP contribution in [0.1, 0.15) is 21.5 Å². The number of aromatic carboxylic acids is 1. The Labute approximate surface area is 209 Å². The molecule has 0 aliphatic carbocycles. The average Bonchev–Trinajstić information content (AvgIpc) is 3.06. The number of hydrogen-bond acceptors (Lipinski definition) is 4. The maximum absolute atomic E-state index is 12.8. The van der Waals surface area contributed by atoms with Gasteiger partial charge in [-0.05, 0) is 59.7 Å². The van der Waals surface area contributed by atoms with Gasteiger partial charge in [0.2, 0.25) is 0 Å². The first-order chi connectivity index (χ1) is 16.2. The van der Waals surface area contributed by atoms with E-state index >= 15 is 0 Å². The number of benzene rings is 3. The number of ether oxygens (including phenoxy) is 1. The Bertz CT molecular complexity index is 1320. The number of carbonyl (C=O) groups is 3. The van der Waals surface area contributed by atoms with Gasteiger partial charge in [-0.15, -0.1) is 0 Å². The van der Waals surface area contributed by atoms with Gasteiger partial charge in [0.05, 0.1) is 21.3 Å². The molecule has 0 radical (unpaired) electrons. The van der Waals surface area contributed by atoms with Crippen molar-refractivity contribution in [2.24, 2.45) is 0 Å². The first-order valence-corrected chi connectivity index (χ1v) is 10.9. The van der Waals surface area contributed by atoms with Crippen molar-refractivity contribution in [2.45, 2.75) is 6.61 Å². The van der Waals surface area contributed by atoms with Crippen LogP contribution in [0.3, 0.4) is 0 Å². The van der Waals surface area contributed by atoms with Crippen LogP contribution in [0.15, 0.2) is 66.4 Å². The molecule has 1 aliphatic heterocycles. The fourth-order valence-electron chi connectivity index (χ4n) is 3.25. The van der Waals surface area contributed by atoms with Gasteiger partial charge >= 0.3 is 12.0 Å². The summed E-state index contributed by atoms with van der Waals surface area (Å²) in [5.74, 6) is -1.34. The minimum Gasteiger partial charge on any atom is -0.486 e. The van der Waals surface area contributed by atoms with Crippen LogP contribution in [0, 0.1) is 0 Å². The smallest absolute Gasteiger partial charge is 0.335 e. The van der Waals surface area contributed by atoms with E-state index in [-0.39, 0.29) is 33.7 Å². The zero-order valence-corrected chi connectivity index (χ0v) is 19.5. The second kappa shape index (κ2) is 9.77. The Kier molecular flexibility index (Phi) is 6.79. The molecule has 0 spiro atoms. The van der Waals surface area contributed by atoms with Crippen molar-refractivity contribution in [3.63, 3.8) is 0 Å². The lowest BCUT2D eigenvalue weighted by Gasteiger charge is -2.12. The topological polar surface area (TPSA) is 95.9 Å². The van der Waals surface area contributed by atoms with Crippen LogP contribution in [0.4, 0.5) is 10.5 Å². The van der Waals surface area contributed by atoms with E-state index in [1.54, 1.807) is 42.5 Å². The zero-order chi connectivity index (χ0) is 24.4. The number of hydrogen-bond donors (Lipinski definition) is 2. The van der Waals surface area contributed by atoms with Crippen molar-refractivity contribution in [1.82, 2.24) is 5.32 Å². The first kappa shape index (κ1) is 23.6. The highest BCUT2D eigenvalue weighted by Crippen LogP contribution is 2.36. The Balaban J connectivity index is 1.52. The van der Waals surface area contributed by atoms with Crippen LogP contribution in [-0.2, 0) is 11.4 Å². The fraction of sp³-hybridized carbons (Fsp3) is 0.0417. The van der Waals surface area contributed by atoms with Crippen molar-refractivity contribution in [2.75, 3.05) is 4.90 Å². The van der Waals surface area contributed by atoms with Gasteiger partial charge in [-0.1, -0.05) is 53.0 Å². The summed E-state index contributed by atoms with van der Waals surface area (Å²) >= 11 is 18.7. The van der Waals surface area contributed by atoms with Gasteiger partial charge < -0.3 is 15.2 Å². The standard InChI is InChI=1S/C24H15Cl3N2O5/c25-16-2-1-3-17(11-16)29-22(30)20(28-24(29)33)10-14-8-18(26)21(19(27)9-14)34-12-13-4-6-15(7-5-13)23(31)32/h1-11H,12H2,(H,28,33)(H,31,32)/b20-10+. The number of nitrogens with one attached hydrogen (secondary N) is 1.